The molecule has 2 fully saturated rings. The van der Waals surface area contributed by atoms with E-state index in [9.17, 15) is 9.59 Å². The maximum atomic E-state index is 11.4. The van der Waals surface area contributed by atoms with Gasteiger partial charge in [-0.2, -0.15) is 0 Å². The zero-order valence-electron chi connectivity index (χ0n) is 9.40. The average molecular weight is 226 g/mol. The summed E-state index contributed by atoms with van der Waals surface area (Å²) in [5.41, 5.74) is 4.89. The van der Waals surface area contributed by atoms with Crippen LogP contribution in [0.25, 0.3) is 0 Å². The van der Waals surface area contributed by atoms with Gasteiger partial charge in [-0.15, -0.1) is 0 Å². The van der Waals surface area contributed by atoms with Gasteiger partial charge in [-0.25, -0.2) is 4.79 Å². The first-order valence-corrected chi connectivity index (χ1v) is 5.62. The van der Waals surface area contributed by atoms with Gasteiger partial charge in [-0.1, -0.05) is 0 Å². The molecule has 3 amide bonds. The van der Waals surface area contributed by atoms with Gasteiger partial charge >= 0.3 is 6.03 Å². The predicted molar refractivity (Wildman–Crippen MR) is 58.6 cm³/mol. The van der Waals surface area contributed by atoms with E-state index < -0.39 is 6.03 Å². The summed E-state index contributed by atoms with van der Waals surface area (Å²) >= 11 is 0. The molecule has 0 aromatic heterocycles. The number of primary amides is 1. The second kappa shape index (κ2) is 4.39. The molecule has 2 heterocycles. The van der Waals surface area contributed by atoms with Crippen molar-refractivity contribution in [2.24, 2.45) is 17.6 Å². The summed E-state index contributed by atoms with van der Waals surface area (Å²) in [5, 5.41) is 5.46. The van der Waals surface area contributed by atoms with E-state index in [1.165, 1.54) is 0 Å². The first kappa shape index (κ1) is 11.3. The number of fused-ring (bicyclic) bond motifs is 1. The molecule has 0 saturated carbocycles. The molecule has 3 unspecified atom stereocenters. The Hall–Kier alpha value is -1.14. The Morgan fingerprint density at radius 1 is 1.50 bits per heavy atom. The van der Waals surface area contributed by atoms with Crippen LogP contribution in [0.15, 0.2) is 0 Å². The number of imide groups is 1. The predicted octanol–water partition coefficient (Wildman–Crippen LogP) is -1.28. The molecule has 2 aliphatic rings. The van der Waals surface area contributed by atoms with Gasteiger partial charge in [0.05, 0.1) is 6.54 Å². The van der Waals surface area contributed by atoms with Crippen LogP contribution < -0.4 is 16.4 Å². The third-order valence-corrected chi connectivity index (χ3v) is 3.67. The van der Waals surface area contributed by atoms with Crippen LogP contribution in [0.1, 0.15) is 6.92 Å². The first-order chi connectivity index (χ1) is 7.58. The van der Waals surface area contributed by atoms with Gasteiger partial charge in [0.2, 0.25) is 5.91 Å². The van der Waals surface area contributed by atoms with E-state index in [0.717, 1.165) is 19.6 Å². The summed E-state index contributed by atoms with van der Waals surface area (Å²) in [6, 6.07) is -0.391. The number of urea groups is 1. The highest BCUT2D eigenvalue weighted by molar-refractivity contribution is 5.94. The van der Waals surface area contributed by atoms with Crippen LogP contribution in [0.5, 0.6) is 0 Å². The fraction of sp³-hybridized carbons (Fsp3) is 0.800. The third-order valence-electron chi connectivity index (χ3n) is 3.67. The lowest BCUT2D eigenvalue weighted by Gasteiger charge is -2.23. The largest absolute Gasteiger partial charge is 0.351 e. The first-order valence-electron chi connectivity index (χ1n) is 5.62. The van der Waals surface area contributed by atoms with Crippen molar-refractivity contribution in [3.05, 3.63) is 0 Å². The third kappa shape index (κ3) is 2.17. The van der Waals surface area contributed by atoms with Gasteiger partial charge in [0.15, 0.2) is 0 Å². The Morgan fingerprint density at radius 3 is 2.88 bits per heavy atom. The lowest BCUT2D eigenvalue weighted by atomic mass is 9.95. The maximum absolute atomic E-state index is 11.4. The van der Waals surface area contributed by atoms with Gasteiger partial charge < -0.3 is 11.1 Å². The molecule has 0 bridgehead atoms. The molecule has 0 radical (unpaired) electrons. The Kier molecular flexibility index (Phi) is 3.11. The normalized spacial score (nSPS) is 33.7. The van der Waals surface area contributed by atoms with E-state index in [2.05, 4.69) is 22.5 Å². The minimum absolute atomic E-state index is 0.261. The molecule has 3 atom stereocenters. The van der Waals surface area contributed by atoms with Crippen molar-refractivity contribution in [3.8, 4) is 0 Å². The molecule has 16 heavy (non-hydrogen) atoms. The standard InChI is InChI=1S/C10H18N4O2/c1-6-8-3-12-2-7(8)4-14(6)5-9(15)13-10(11)16/h6-8,12H,2-5H2,1H3,(H3,11,13,15,16). The Morgan fingerprint density at radius 2 is 2.25 bits per heavy atom. The summed E-state index contributed by atoms with van der Waals surface area (Å²) in [7, 11) is 0. The molecule has 6 heteroatoms. The second-order valence-electron chi connectivity index (χ2n) is 4.66. The molecule has 0 spiro atoms. The number of nitrogens with zero attached hydrogens (tertiary/aromatic N) is 1. The molecule has 0 aliphatic carbocycles. The topological polar surface area (TPSA) is 87.5 Å². The fourth-order valence-corrected chi connectivity index (χ4v) is 2.83. The van der Waals surface area contributed by atoms with Crippen LogP contribution in [0, 0.1) is 11.8 Å². The molecular formula is C10H18N4O2. The number of hydrogen-bond donors (Lipinski definition) is 3. The lowest BCUT2D eigenvalue weighted by molar-refractivity contribution is -0.121. The number of rotatable bonds is 2. The number of hydrogen-bond acceptors (Lipinski definition) is 4. The van der Waals surface area contributed by atoms with E-state index >= 15 is 0 Å². The molecule has 4 N–H and O–H groups in total. The van der Waals surface area contributed by atoms with Crippen molar-refractivity contribution in [3.63, 3.8) is 0 Å². The second-order valence-corrected chi connectivity index (χ2v) is 4.66. The summed E-state index contributed by atoms with van der Waals surface area (Å²) in [6.07, 6.45) is 0. The number of carbonyl (C=O) groups is 2. The number of amides is 3. The smallest absolute Gasteiger partial charge is 0.318 e. The highest BCUT2D eigenvalue weighted by Crippen LogP contribution is 2.31. The van der Waals surface area contributed by atoms with Gasteiger partial charge in [0.25, 0.3) is 0 Å². The van der Waals surface area contributed by atoms with Crippen LogP contribution in [0.2, 0.25) is 0 Å². The minimum Gasteiger partial charge on any atom is -0.351 e. The average Bonchev–Trinajstić information content (AvgIpc) is 2.70. The van der Waals surface area contributed by atoms with Gasteiger partial charge in [0.1, 0.15) is 0 Å². The maximum Gasteiger partial charge on any atom is 0.318 e. The van der Waals surface area contributed by atoms with Crippen molar-refractivity contribution < 1.29 is 9.59 Å². The highest BCUT2D eigenvalue weighted by atomic mass is 16.2. The Balaban J connectivity index is 1.87. The highest BCUT2D eigenvalue weighted by Gasteiger charge is 2.42. The van der Waals surface area contributed by atoms with Crippen LogP contribution in [-0.2, 0) is 4.79 Å². The van der Waals surface area contributed by atoms with Crippen molar-refractivity contribution in [1.82, 2.24) is 15.5 Å². The molecule has 90 valence electrons. The van der Waals surface area contributed by atoms with Crippen LogP contribution in [-0.4, -0.2) is 49.1 Å². The van der Waals surface area contributed by atoms with Gasteiger partial charge in [-0.3, -0.25) is 15.0 Å². The van der Waals surface area contributed by atoms with Gasteiger partial charge in [0, 0.05) is 12.6 Å². The molecular weight excluding hydrogens is 208 g/mol. The van der Waals surface area contributed by atoms with Crippen molar-refractivity contribution in [2.75, 3.05) is 26.2 Å². The molecule has 2 saturated heterocycles. The van der Waals surface area contributed by atoms with Crippen molar-refractivity contribution in [2.45, 2.75) is 13.0 Å². The van der Waals surface area contributed by atoms with Crippen LogP contribution >= 0.6 is 0 Å². The van der Waals surface area contributed by atoms with Crippen molar-refractivity contribution in [1.29, 1.82) is 0 Å². The number of carbonyl (C=O) groups excluding carboxylic acids is 2. The summed E-state index contributed by atoms with van der Waals surface area (Å²) in [6.45, 7) is 5.38. The van der Waals surface area contributed by atoms with Crippen molar-refractivity contribution >= 4 is 11.9 Å². The van der Waals surface area contributed by atoms with Crippen LogP contribution in [0.3, 0.4) is 0 Å². The van der Waals surface area contributed by atoms with Gasteiger partial charge in [-0.05, 0) is 31.8 Å². The SMILES string of the molecule is CC1C2CNCC2CN1CC(=O)NC(N)=O. The van der Waals surface area contributed by atoms with E-state index in [0.29, 0.717) is 17.9 Å². The lowest BCUT2D eigenvalue weighted by Crippen LogP contribution is -2.44. The van der Waals surface area contributed by atoms with E-state index in [4.69, 9.17) is 5.73 Å². The Labute approximate surface area is 94.5 Å². The zero-order chi connectivity index (χ0) is 11.7. The minimum atomic E-state index is -0.779. The molecule has 6 nitrogen and oxygen atoms in total. The monoisotopic (exact) mass is 226 g/mol. The zero-order valence-corrected chi connectivity index (χ0v) is 9.40. The number of nitrogens with one attached hydrogen (secondary N) is 2. The summed E-state index contributed by atoms with van der Waals surface area (Å²) < 4.78 is 0. The van der Waals surface area contributed by atoms with Crippen LogP contribution in [0.4, 0.5) is 4.79 Å². The molecule has 0 aromatic rings. The summed E-state index contributed by atoms with van der Waals surface area (Å²) in [5.74, 6) is 0.949. The summed E-state index contributed by atoms with van der Waals surface area (Å²) in [4.78, 5) is 24.0. The fourth-order valence-electron chi connectivity index (χ4n) is 2.83. The molecule has 2 aliphatic heterocycles. The van der Waals surface area contributed by atoms with E-state index in [1.807, 2.05) is 0 Å². The quantitative estimate of drug-likeness (QED) is 0.547. The molecule has 2 rings (SSSR count). The van der Waals surface area contributed by atoms with E-state index in [-0.39, 0.29) is 12.5 Å². The Bertz CT molecular complexity index is 307. The number of nitrogens with two attached hydrogens (primary N) is 1. The number of likely N-dealkylation sites (tertiary alicyclic amines) is 1. The van der Waals surface area contributed by atoms with E-state index in [1.54, 1.807) is 0 Å². The molecule has 0 aromatic carbocycles.